The van der Waals surface area contributed by atoms with E-state index in [9.17, 15) is 14.9 Å². The van der Waals surface area contributed by atoms with E-state index in [-0.39, 0.29) is 29.6 Å². The van der Waals surface area contributed by atoms with E-state index in [4.69, 9.17) is 10.00 Å². The topological polar surface area (TPSA) is 93.2 Å². The number of carbonyl (C=O) groups excluding carboxylic acids is 1. The molecule has 0 radical (unpaired) electrons. The predicted molar refractivity (Wildman–Crippen MR) is 70.8 cm³/mol. The number of alkyl halides is 1. The van der Waals surface area contributed by atoms with Gasteiger partial charge >= 0.3 is 5.97 Å². The van der Waals surface area contributed by atoms with Crippen molar-refractivity contribution < 1.29 is 14.5 Å². The number of hydrogen-bond acceptors (Lipinski definition) is 5. The average Bonchev–Trinajstić information content (AvgIpc) is 2.38. The van der Waals surface area contributed by atoms with Gasteiger partial charge in [-0.3, -0.25) is 14.9 Å². The normalized spacial score (nSPS) is 9.74. The molecular formula is C12H11BrN2O4. The van der Waals surface area contributed by atoms with Crippen LogP contribution in [0.4, 0.5) is 5.69 Å². The number of rotatable bonds is 5. The first-order valence-corrected chi connectivity index (χ1v) is 6.58. The van der Waals surface area contributed by atoms with Crippen molar-refractivity contribution in [1.82, 2.24) is 0 Å². The summed E-state index contributed by atoms with van der Waals surface area (Å²) in [6.07, 6.45) is -0.153. The second kappa shape index (κ2) is 6.85. The standard InChI is InChI=1S/C12H11BrN2O4/c1-2-19-11(16)5-8-3-4-9(6-13)12(15(17)18)10(8)7-14/h3-4H,2,5-6H2,1H3. The lowest BCUT2D eigenvalue weighted by Crippen LogP contribution is -2.10. The Balaban J connectivity index is 3.28. The van der Waals surface area contributed by atoms with Gasteiger partial charge in [0.1, 0.15) is 11.6 Å². The molecule has 1 aromatic rings. The smallest absolute Gasteiger partial charge is 0.310 e. The third-order valence-corrected chi connectivity index (χ3v) is 3.03. The molecule has 0 atom stereocenters. The second-order valence-corrected chi connectivity index (χ2v) is 4.15. The van der Waals surface area contributed by atoms with Gasteiger partial charge < -0.3 is 4.74 Å². The highest BCUT2D eigenvalue weighted by Gasteiger charge is 2.23. The van der Waals surface area contributed by atoms with Gasteiger partial charge in [-0.05, 0) is 12.5 Å². The van der Waals surface area contributed by atoms with Crippen LogP contribution in [0.5, 0.6) is 0 Å². The van der Waals surface area contributed by atoms with Gasteiger partial charge in [-0.15, -0.1) is 0 Å². The van der Waals surface area contributed by atoms with Crippen LogP contribution in [-0.4, -0.2) is 17.5 Å². The number of esters is 1. The Bertz CT molecular complexity index is 551. The summed E-state index contributed by atoms with van der Waals surface area (Å²) in [4.78, 5) is 21.8. The maximum atomic E-state index is 11.4. The van der Waals surface area contributed by atoms with Crippen molar-refractivity contribution in [3.63, 3.8) is 0 Å². The number of nitro groups is 1. The van der Waals surface area contributed by atoms with Crippen molar-refractivity contribution in [3.8, 4) is 6.07 Å². The lowest BCUT2D eigenvalue weighted by Gasteiger charge is -2.07. The molecule has 7 heteroatoms. The monoisotopic (exact) mass is 326 g/mol. The molecule has 0 aliphatic carbocycles. The summed E-state index contributed by atoms with van der Waals surface area (Å²) in [7, 11) is 0. The molecule has 6 nitrogen and oxygen atoms in total. The fourth-order valence-corrected chi connectivity index (χ4v) is 2.08. The highest BCUT2D eigenvalue weighted by Crippen LogP contribution is 2.28. The molecule has 0 aliphatic rings. The molecule has 0 N–H and O–H groups in total. The minimum absolute atomic E-state index is 0.0880. The maximum absolute atomic E-state index is 11.4. The van der Waals surface area contributed by atoms with Crippen LogP contribution in [0.25, 0.3) is 0 Å². The molecular weight excluding hydrogens is 316 g/mol. The Morgan fingerprint density at radius 1 is 1.53 bits per heavy atom. The maximum Gasteiger partial charge on any atom is 0.310 e. The van der Waals surface area contributed by atoms with Crippen LogP contribution >= 0.6 is 15.9 Å². The molecule has 19 heavy (non-hydrogen) atoms. The molecule has 100 valence electrons. The molecule has 0 aromatic heterocycles. The van der Waals surface area contributed by atoms with Gasteiger partial charge in [-0.25, -0.2) is 0 Å². The largest absolute Gasteiger partial charge is 0.466 e. The summed E-state index contributed by atoms with van der Waals surface area (Å²) in [6.45, 7) is 1.89. The predicted octanol–water partition coefficient (Wildman–Crippen LogP) is 2.47. The SMILES string of the molecule is CCOC(=O)Cc1ccc(CBr)c([N+](=O)[O-])c1C#N. The molecule has 0 spiro atoms. The molecule has 0 unspecified atom stereocenters. The van der Waals surface area contributed by atoms with Crippen LogP contribution in [0.3, 0.4) is 0 Å². The Morgan fingerprint density at radius 3 is 2.63 bits per heavy atom. The molecule has 0 heterocycles. The number of hydrogen-bond donors (Lipinski definition) is 0. The Labute approximate surface area is 118 Å². The number of nitro benzene ring substituents is 1. The Kier molecular flexibility index (Phi) is 5.45. The fraction of sp³-hybridized carbons (Fsp3) is 0.333. The molecule has 0 saturated carbocycles. The number of nitrogens with zero attached hydrogens (tertiary/aromatic N) is 2. The van der Waals surface area contributed by atoms with E-state index in [2.05, 4.69) is 15.9 Å². The summed E-state index contributed by atoms with van der Waals surface area (Å²) >= 11 is 3.13. The van der Waals surface area contributed by atoms with Gasteiger partial charge in [0.2, 0.25) is 0 Å². The van der Waals surface area contributed by atoms with E-state index in [1.54, 1.807) is 19.1 Å². The molecule has 0 aliphatic heterocycles. The van der Waals surface area contributed by atoms with E-state index in [0.29, 0.717) is 11.1 Å². The van der Waals surface area contributed by atoms with E-state index in [1.807, 2.05) is 0 Å². The van der Waals surface area contributed by atoms with Crippen LogP contribution in [0.2, 0.25) is 0 Å². The number of nitriles is 1. The van der Waals surface area contributed by atoms with E-state index >= 15 is 0 Å². The summed E-state index contributed by atoms with van der Waals surface area (Å²) in [5.41, 5.74) is 0.350. The summed E-state index contributed by atoms with van der Waals surface area (Å²) in [5, 5.41) is 20.4. The van der Waals surface area contributed by atoms with Crippen LogP contribution < -0.4 is 0 Å². The zero-order valence-corrected chi connectivity index (χ0v) is 11.8. The zero-order chi connectivity index (χ0) is 14.4. The second-order valence-electron chi connectivity index (χ2n) is 3.59. The number of benzene rings is 1. The lowest BCUT2D eigenvalue weighted by molar-refractivity contribution is -0.385. The fourth-order valence-electron chi connectivity index (χ4n) is 1.63. The number of ether oxygens (including phenoxy) is 1. The van der Waals surface area contributed by atoms with Gasteiger partial charge in [0.05, 0.1) is 18.0 Å². The third kappa shape index (κ3) is 3.51. The minimum atomic E-state index is -0.607. The molecule has 1 aromatic carbocycles. The van der Waals surface area contributed by atoms with Crippen molar-refractivity contribution in [2.24, 2.45) is 0 Å². The average molecular weight is 327 g/mol. The molecule has 0 fully saturated rings. The zero-order valence-electron chi connectivity index (χ0n) is 10.2. The first kappa shape index (κ1) is 15.1. The third-order valence-electron chi connectivity index (χ3n) is 2.43. The lowest BCUT2D eigenvalue weighted by atomic mass is 10.00. The van der Waals surface area contributed by atoms with Crippen LogP contribution in [0, 0.1) is 21.4 Å². The van der Waals surface area contributed by atoms with Crippen LogP contribution in [0.1, 0.15) is 23.6 Å². The van der Waals surface area contributed by atoms with Crippen molar-refractivity contribution >= 4 is 27.6 Å². The molecule has 0 bridgehead atoms. The quantitative estimate of drug-likeness (QED) is 0.358. The Morgan fingerprint density at radius 2 is 2.16 bits per heavy atom. The van der Waals surface area contributed by atoms with Gasteiger partial charge in [0.25, 0.3) is 5.69 Å². The van der Waals surface area contributed by atoms with Crippen LogP contribution in [0.15, 0.2) is 12.1 Å². The molecule has 0 saturated heterocycles. The summed E-state index contributed by atoms with van der Waals surface area (Å²) in [6, 6.07) is 4.87. The summed E-state index contributed by atoms with van der Waals surface area (Å²) in [5.74, 6) is -0.514. The summed E-state index contributed by atoms with van der Waals surface area (Å²) < 4.78 is 4.77. The van der Waals surface area contributed by atoms with Crippen molar-refractivity contribution in [2.45, 2.75) is 18.7 Å². The minimum Gasteiger partial charge on any atom is -0.466 e. The number of carbonyl (C=O) groups is 1. The highest BCUT2D eigenvalue weighted by atomic mass is 79.9. The van der Waals surface area contributed by atoms with Gasteiger partial charge in [-0.2, -0.15) is 5.26 Å². The van der Waals surface area contributed by atoms with Gasteiger partial charge in [0, 0.05) is 10.9 Å². The number of halogens is 1. The van der Waals surface area contributed by atoms with Crippen LogP contribution in [-0.2, 0) is 21.3 Å². The van der Waals surface area contributed by atoms with E-state index in [1.165, 1.54) is 6.07 Å². The van der Waals surface area contributed by atoms with Crippen molar-refractivity contribution in [1.29, 1.82) is 5.26 Å². The highest BCUT2D eigenvalue weighted by molar-refractivity contribution is 9.08. The first-order valence-electron chi connectivity index (χ1n) is 5.45. The van der Waals surface area contributed by atoms with E-state index < -0.39 is 10.9 Å². The molecule has 1 rings (SSSR count). The van der Waals surface area contributed by atoms with Crippen molar-refractivity contribution in [2.75, 3.05) is 6.61 Å². The Hall–Kier alpha value is -1.94. The van der Waals surface area contributed by atoms with Crippen molar-refractivity contribution in [3.05, 3.63) is 38.9 Å². The van der Waals surface area contributed by atoms with E-state index in [0.717, 1.165) is 0 Å². The van der Waals surface area contributed by atoms with Gasteiger partial charge in [0.15, 0.2) is 0 Å². The van der Waals surface area contributed by atoms with Gasteiger partial charge in [-0.1, -0.05) is 28.1 Å². The molecule has 0 amide bonds. The first-order chi connectivity index (χ1) is 9.04.